The highest BCUT2D eigenvalue weighted by Crippen LogP contribution is 2.18. The van der Waals surface area contributed by atoms with Crippen molar-refractivity contribution in [3.63, 3.8) is 0 Å². The van der Waals surface area contributed by atoms with Gasteiger partial charge >= 0.3 is 6.09 Å². The third-order valence-corrected chi connectivity index (χ3v) is 3.92. The fraction of sp³-hybridized carbons (Fsp3) is 0.875. The third kappa shape index (κ3) is 5.27. The van der Waals surface area contributed by atoms with Crippen molar-refractivity contribution in [2.24, 2.45) is 4.99 Å². The summed E-state index contributed by atoms with van der Waals surface area (Å²) in [6.45, 7) is 10.6. The number of hydrogen-bond acceptors (Lipinski definition) is 6. The molecular weight excluding hydrogens is 294 g/mol. The molecule has 2 aliphatic rings. The van der Waals surface area contributed by atoms with E-state index >= 15 is 0 Å². The van der Waals surface area contributed by atoms with E-state index in [0.717, 1.165) is 38.6 Å². The van der Waals surface area contributed by atoms with E-state index in [1.165, 1.54) is 0 Å². The van der Waals surface area contributed by atoms with Crippen LogP contribution in [0.2, 0.25) is 0 Å². The zero-order valence-electron chi connectivity index (χ0n) is 15.1. The number of carbonyl (C=O) groups excluding carboxylic acids is 1. The minimum Gasteiger partial charge on any atom is -0.444 e. The summed E-state index contributed by atoms with van der Waals surface area (Å²) in [4.78, 5) is 23.1. The Bertz CT molecular complexity index is 444. The quantitative estimate of drug-likeness (QED) is 0.776. The van der Waals surface area contributed by atoms with Gasteiger partial charge in [0.25, 0.3) is 0 Å². The van der Waals surface area contributed by atoms with Gasteiger partial charge < -0.3 is 24.8 Å². The molecule has 2 rings (SSSR count). The van der Waals surface area contributed by atoms with Crippen molar-refractivity contribution in [3.8, 4) is 0 Å². The van der Waals surface area contributed by atoms with Gasteiger partial charge in [0.05, 0.1) is 12.6 Å². The molecule has 0 spiro atoms. The number of nitrogens with zero attached hydrogens (tertiary/aromatic N) is 4. The molecule has 1 amide bonds. The molecule has 7 heteroatoms. The molecule has 2 aliphatic heterocycles. The standard InChI is InChI=1S/C16H31N5O2/c1-16(2,3)23-15(22)20-9-10-21-13(12-20)11-18-14(21)17-7-6-8-19(4)5/h13H,6-12H2,1-5H3,(H,17,18). The van der Waals surface area contributed by atoms with Crippen LogP contribution >= 0.6 is 0 Å². The van der Waals surface area contributed by atoms with Gasteiger partial charge in [-0.15, -0.1) is 0 Å². The first kappa shape index (κ1) is 17.8. The molecule has 1 atom stereocenters. The number of carbonyl (C=O) groups is 1. The van der Waals surface area contributed by atoms with Crippen molar-refractivity contribution < 1.29 is 9.53 Å². The lowest BCUT2D eigenvalue weighted by molar-refractivity contribution is 0.0137. The second kappa shape index (κ2) is 7.38. The number of fused-ring (bicyclic) bond motifs is 1. The molecule has 2 heterocycles. The first-order chi connectivity index (χ1) is 10.8. The van der Waals surface area contributed by atoms with Crippen LogP contribution in [0.3, 0.4) is 0 Å². The predicted octanol–water partition coefficient (Wildman–Crippen LogP) is 0.819. The predicted molar refractivity (Wildman–Crippen MR) is 91.8 cm³/mol. The highest BCUT2D eigenvalue weighted by Gasteiger charge is 2.36. The van der Waals surface area contributed by atoms with E-state index in [1.54, 1.807) is 4.90 Å². The number of aliphatic imine (C=N–C) groups is 1. The van der Waals surface area contributed by atoms with E-state index in [2.05, 4.69) is 34.2 Å². The van der Waals surface area contributed by atoms with Crippen LogP contribution in [0.5, 0.6) is 0 Å². The summed E-state index contributed by atoms with van der Waals surface area (Å²) < 4.78 is 5.47. The fourth-order valence-electron chi connectivity index (χ4n) is 2.82. The minimum atomic E-state index is -0.445. The summed E-state index contributed by atoms with van der Waals surface area (Å²) in [7, 11) is 4.16. The van der Waals surface area contributed by atoms with E-state index in [4.69, 9.17) is 4.74 Å². The zero-order valence-corrected chi connectivity index (χ0v) is 15.1. The molecule has 0 aromatic rings. The topological polar surface area (TPSA) is 60.4 Å². The van der Waals surface area contributed by atoms with Crippen LogP contribution in [-0.2, 0) is 4.74 Å². The summed E-state index contributed by atoms with van der Waals surface area (Å²) in [6, 6.07) is 0.271. The molecule has 1 saturated heterocycles. The van der Waals surface area contributed by atoms with Gasteiger partial charge in [0, 0.05) is 26.2 Å². The lowest BCUT2D eigenvalue weighted by atomic mass is 10.2. The van der Waals surface area contributed by atoms with Gasteiger partial charge in [-0.2, -0.15) is 0 Å². The Labute approximate surface area is 139 Å². The summed E-state index contributed by atoms with van der Waals surface area (Å²) >= 11 is 0. The van der Waals surface area contributed by atoms with Crippen LogP contribution in [0, 0.1) is 0 Å². The van der Waals surface area contributed by atoms with Crippen LogP contribution in [0.4, 0.5) is 4.79 Å². The summed E-state index contributed by atoms with van der Waals surface area (Å²) in [5, 5.41) is 3.43. The van der Waals surface area contributed by atoms with Gasteiger partial charge in [-0.05, 0) is 47.8 Å². The molecule has 23 heavy (non-hydrogen) atoms. The Morgan fingerprint density at radius 1 is 1.39 bits per heavy atom. The SMILES string of the molecule is CN(C)CCCNC1=NCC2CN(C(=O)OC(C)(C)C)CCN12. The average Bonchev–Trinajstić information content (AvgIpc) is 2.84. The van der Waals surface area contributed by atoms with E-state index in [0.29, 0.717) is 13.1 Å². The van der Waals surface area contributed by atoms with Gasteiger partial charge in [-0.25, -0.2) is 4.79 Å². The summed E-state index contributed by atoms with van der Waals surface area (Å²) in [5.74, 6) is 0.984. The Kier molecular flexibility index (Phi) is 5.73. The monoisotopic (exact) mass is 325 g/mol. The van der Waals surface area contributed by atoms with Crippen LogP contribution in [0.1, 0.15) is 27.2 Å². The lowest BCUT2D eigenvalue weighted by Crippen LogP contribution is -2.57. The highest BCUT2D eigenvalue weighted by atomic mass is 16.6. The molecule has 0 aromatic heterocycles. The molecule has 0 saturated carbocycles. The molecular formula is C16H31N5O2. The van der Waals surface area contributed by atoms with Crippen LogP contribution < -0.4 is 5.32 Å². The molecule has 7 nitrogen and oxygen atoms in total. The van der Waals surface area contributed by atoms with Gasteiger partial charge in [0.15, 0.2) is 5.96 Å². The van der Waals surface area contributed by atoms with Crippen LogP contribution in [0.15, 0.2) is 4.99 Å². The molecule has 0 aromatic carbocycles. The first-order valence-electron chi connectivity index (χ1n) is 8.44. The van der Waals surface area contributed by atoms with Gasteiger partial charge in [-0.1, -0.05) is 0 Å². The molecule has 1 unspecified atom stereocenters. The molecule has 1 N–H and O–H groups in total. The van der Waals surface area contributed by atoms with Crippen molar-refractivity contribution in [2.45, 2.75) is 38.8 Å². The molecule has 0 bridgehead atoms. The number of piperazine rings is 1. The molecule has 0 aliphatic carbocycles. The molecule has 0 radical (unpaired) electrons. The number of nitrogens with one attached hydrogen (secondary N) is 1. The van der Waals surface area contributed by atoms with Gasteiger partial charge in [-0.3, -0.25) is 4.99 Å². The third-order valence-electron chi connectivity index (χ3n) is 3.92. The van der Waals surface area contributed by atoms with Gasteiger partial charge in [0.1, 0.15) is 5.60 Å². The fourth-order valence-corrected chi connectivity index (χ4v) is 2.82. The van der Waals surface area contributed by atoms with Gasteiger partial charge in [0.2, 0.25) is 0 Å². The highest BCUT2D eigenvalue weighted by molar-refractivity contribution is 5.82. The van der Waals surface area contributed by atoms with Crippen molar-refractivity contribution in [1.82, 2.24) is 20.0 Å². The summed E-state index contributed by atoms with van der Waals surface area (Å²) in [6.07, 6.45) is 0.874. The molecule has 132 valence electrons. The van der Waals surface area contributed by atoms with Crippen molar-refractivity contribution in [1.29, 1.82) is 0 Å². The normalized spacial score (nSPS) is 21.3. The van der Waals surface area contributed by atoms with Crippen LogP contribution in [-0.4, -0.2) is 91.8 Å². The van der Waals surface area contributed by atoms with Crippen molar-refractivity contribution >= 4 is 12.1 Å². The molecule has 1 fully saturated rings. The number of rotatable bonds is 4. The van der Waals surface area contributed by atoms with Crippen molar-refractivity contribution in [2.75, 3.05) is 53.4 Å². The Hall–Kier alpha value is -1.50. The number of amides is 1. The maximum atomic E-state index is 12.2. The smallest absolute Gasteiger partial charge is 0.410 e. The Morgan fingerprint density at radius 3 is 2.78 bits per heavy atom. The first-order valence-corrected chi connectivity index (χ1v) is 8.44. The second-order valence-corrected chi connectivity index (χ2v) is 7.52. The van der Waals surface area contributed by atoms with Crippen molar-refractivity contribution in [3.05, 3.63) is 0 Å². The Balaban J connectivity index is 1.77. The van der Waals surface area contributed by atoms with E-state index in [-0.39, 0.29) is 12.1 Å². The minimum absolute atomic E-state index is 0.218. The second-order valence-electron chi connectivity index (χ2n) is 7.52. The lowest BCUT2D eigenvalue weighted by Gasteiger charge is -2.39. The number of guanidine groups is 1. The average molecular weight is 325 g/mol. The maximum Gasteiger partial charge on any atom is 0.410 e. The summed E-state index contributed by atoms with van der Waals surface area (Å²) in [5.41, 5.74) is -0.445. The largest absolute Gasteiger partial charge is 0.444 e. The Morgan fingerprint density at radius 2 is 2.13 bits per heavy atom. The number of hydrogen-bond donors (Lipinski definition) is 1. The van der Waals surface area contributed by atoms with E-state index < -0.39 is 5.60 Å². The van der Waals surface area contributed by atoms with E-state index in [9.17, 15) is 4.79 Å². The van der Waals surface area contributed by atoms with Crippen LogP contribution in [0.25, 0.3) is 0 Å². The maximum absolute atomic E-state index is 12.2. The van der Waals surface area contributed by atoms with E-state index in [1.807, 2.05) is 20.8 Å². The zero-order chi connectivity index (χ0) is 17.0. The number of ether oxygens (including phenoxy) is 1.